The van der Waals surface area contributed by atoms with Crippen molar-refractivity contribution in [1.29, 1.82) is 0 Å². The average Bonchev–Trinajstić information content (AvgIpc) is 2.97. The predicted molar refractivity (Wildman–Crippen MR) is 96.9 cm³/mol. The Kier molecular flexibility index (Phi) is 4.62. The van der Waals surface area contributed by atoms with Crippen LogP contribution in [-0.2, 0) is 14.8 Å². The number of rotatable bonds is 4. The molecule has 1 N–H and O–H groups in total. The number of sulfonamides is 1. The number of halogens is 1. The second kappa shape index (κ2) is 6.57. The molecule has 1 aliphatic heterocycles. The summed E-state index contributed by atoms with van der Waals surface area (Å²) < 4.78 is 32.6. The molecule has 8 heteroatoms. The molecular formula is C17H17ClN2O4S. The van der Waals surface area contributed by atoms with Crippen LogP contribution in [0.3, 0.4) is 0 Å². The lowest BCUT2D eigenvalue weighted by atomic mass is 10.1. The fourth-order valence-corrected chi connectivity index (χ4v) is 4.25. The number of nitrogens with one attached hydrogen (secondary N) is 1. The molecule has 3 rings (SSSR count). The number of nitrogens with zero attached hydrogens (tertiary/aromatic N) is 1. The first-order valence-electron chi connectivity index (χ1n) is 7.62. The molecule has 6 nitrogen and oxygen atoms in total. The minimum atomic E-state index is -3.79. The Morgan fingerprint density at radius 2 is 1.84 bits per heavy atom. The normalized spacial score (nSPS) is 14.5. The van der Waals surface area contributed by atoms with Crippen LogP contribution < -0.4 is 9.62 Å². The van der Waals surface area contributed by atoms with Gasteiger partial charge in [0.25, 0.3) is 10.0 Å². The second-order valence-electron chi connectivity index (χ2n) is 5.80. The standard InChI is InChI=1S/C17H17ClN2O4S/c1-11-9-12(2)16(15(18)10-11)19-25(22,23)14-5-3-13(4-6-14)20-7-8-24-17(20)21/h3-6,9-10,19H,7-8H2,1-2H3. The van der Waals surface area contributed by atoms with Gasteiger partial charge in [0, 0.05) is 5.69 Å². The van der Waals surface area contributed by atoms with Gasteiger partial charge in [0.1, 0.15) is 6.61 Å². The summed E-state index contributed by atoms with van der Waals surface area (Å²) in [6, 6.07) is 9.59. The number of hydrogen-bond donors (Lipinski definition) is 1. The summed E-state index contributed by atoms with van der Waals surface area (Å²) in [5.41, 5.74) is 2.64. The summed E-state index contributed by atoms with van der Waals surface area (Å²) >= 11 is 6.17. The van der Waals surface area contributed by atoms with Gasteiger partial charge >= 0.3 is 6.09 Å². The van der Waals surface area contributed by atoms with Crippen LogP contribution in [0.2, 0.25) is 5.02 Å². The number of carbonyl (C=O) groups is 1. The Balaban J connectivity index is 1.87. The SMILES string of the molecule is Cc1cc(C)c(NS(=O)(=O)c2ccc(N3CCOC3=O)cc2)c(Cl)c1. The van der Waals surface area contributed by atoms with Gasteiger partial charge in [-0.25, -0.2) is 13.2 Å². The molecule has 0 aliphatic carbocycles. The third-order valence-corrected chi connectivity index (χ3v) is 5.55. The van der Waals surface area contributed by atoms with E-state index in [-0.39, 0.29) is 4.90 Å². The van der Waals surface area contributed by atoms with E-state index in [1.165, 1.54) is 17.0 Å². The Morgan fingerprint density at radius 1 is 1.16 bits per heavy atom. The molecule has 1 amide bonds. The van der Waals surface area contributed by atoms with Crippen molar-refractivity contribution in [3.05, 3.63) is 52.5 Å². The van der Waals surface area contributed by atoms with Crippen molar-refractivity contribution in [3.8, 4) is 0 Å². The summed E-state index contributed by atoms with van der Waals surface area (Å²) in [4.78, 5) is 13.1. The number of ether oxygens (including phenoxy) is 1. The molecule has 2 aromatic carbocycles. The molecule has 0 saturated carbocycles. The molecule has 1 saturated heterocycles. The average molecular weight is 381 g/mol. The number of cyclic esters (lactones) is 1. The Hall–Kier alpha value is -2.25. The van der Waals surface area contributed by atoms with Crippen molar-refractivity contribution < 1.29 is 17.9 Å². The quantitative estimate of drug-likeness (QED) is 0.877. The van der Waals surface area contributed by atoms with Gasteiger partial charge < -0.3 is 4.74 Å². The smallest absolute Gasteiger partial charge is 0.414 e. The maximum Gasteiger partial charge on any atom is 0.414 e. The monoisotopic (exact) mass is 380 g/mol. The van der Waals surface area contributed by atoms with Crippen molar-refractivity contribution in [2.45, 2.75) is 18.7 Å². The lowest BCUT2D eigenvalue weighted by Crippen LogP contribution is -2.23. The van der Waals surface area contributed by atoms with Crippen molar-refractivity contribution in [2.75, 3.05) is 22.8 Å². The first kappa shape index (κ1) is 17.6. The summed E-state index contributed by atoms with van der Waals surface area (Å²) in [5.74, 6) is 0. The van der Waals surface area contributed by atoms with E-state index in [4.69, 9.17) is 16.3 Å². The summed E-state index contributed by atoms with van der Waals surface area (Å²) in [6.45, 7) is 4.45. The molecule has 1 fully saturated rings. The van der Waals surface area contributed by atoms with Gasteiger partial charge in [-0.2, -0.15) is 0 Å². The maximum absolute atomic E-state index is 12.6. The third kappa shape index (κ3) is 3.57. The number of hydrogen-bond acceptors (Lipinski definition) is 4. The third-order valence-electron chi connectivity index (χ3n) is 3.89. The van der Waals surface area contributed by atoms with E-state index >= 15 is 0 Å². The first-order valence-corrected chi connectivity index (χ1v) is 9.48. The van der Waals surface area contributed by atoms with E-state index in [1.807, 2.05) is 13.0 Å². The summed E-state index contributed by atoms with van der Waals surface area (Å²) in [5, 5.41) is 0.345. The van der Waals surface area contributed by atoms with Crippen LogP contribution >= 0.6 is 11.6 Å². The van der Waals surface area contributed by atoms with Crippen LogP contribution in [0, 0.1) is 13.8 Å². The van der Waals surface area contributed by atoms with Crippen LogP contribution in [-0.4, -0.2) is 27.7 Å². The van der Waals surface area contributed by atoms with Gasteiger partial charge in [0.2, 0.25) is 0 Å². The molecule has 0 atom stereocenters. The molecule has 1 heterocycles. The number of anilines is 2. The number of carbonyl (C=O) groups excluding carboxylic acids is 1. The van der Waals surface area contributed by atoms with E-state index in [0.717, 1.165) is 11.1 Å². The van der Waals surface area contributed by atoms with E-state index in [0.29, 0.717) is 29.5 Å². The van der Waals surface area contributed by atoms with Crippen molar-refractivity contribution in [3.63, 3.8) is 0 Å². The van der Waals surface area contributed by atoms with Crippen molar-refractivity contribution in [1.82, 2.24) is 0 Å². The summed E-state index contributed by atoms with van der Waals surface area (Å²) in [6.07, 6.45) is -0.434. The van der Waals surface area contributed by atoms with Crippen LogP contribution in [0.15, 0.2) is 41.3 Å². The molecule has 132 valence electrons. The van der Waals surface area contributed by atoms with Crippen LogP contribution in [0.4, 0.5) is 16.2 Å². The lowest BCUT2D eigenvalue weighted by Gasteiger charge is -2.15. The second-order valence-corrected chi connectivity index (χ2v) is 7.89. The van der Waals surface area contributed by atoms with E-state index in [9.17, 15) is 13.2 Å². The van der Waals surface area contributed by atoms with Crippen LogP contribution in [0.5, 0.6) is 0 Å². The van der Waals surface area contributed by atoms with E-state index in [1.54, 1.807) is 25.1 Å². The van der Waals surface area contributed by atoms with Crippen molar-refractivity contribution in [2.24, 2.45) is 0 Å². The van der Waals surface area contributed by atoms with Crippen LogP contribution in [0.1, 0.15) is 11.1 Å². The van der Waals surface area contributed by atoms with Crippen molar-refractivity contribution >= 4 is 39.1 Å². The van der Waals surface area contributed by atoms with Crippen LogP contribution in [0.25, 0.3) is 0 Å². The highest BCUT2D eigenvalue weighted by Gasteiger charge is 2.24. The molecule has 0 radical (unpaired) electrons. The molecule has 0 spiro atoms. The summed E-state index contributed by atoms with van der Waals surface area (Å²) in [7, 11) is -3.79. The van der Waals surface area contributed by atoms with E-state index < -0.39 is 16.1 Å². The van der Waals surface area contributed by atoms with Gasteiger partial charge in [0.05, 0.1) is 22.2 Å². The molecule has 1 aliphatic rings. The number of amides is 1. The highest BCUT2D eigenvalue weighted by molar-refractivity contribution is 7.92. The Bertz CT molecular complexity index is 903. The van der Waals surface area contributed by atoms with Gasteiger partial charge in [-0.15, -0.1) is 0 Å². The van der Waals surface area contributed by atoms with Gasteiger partial charge in [-0.1, -0.05) is 17.7 Å². The van der Waals surface area contributed by atoms with Gasteiger partial charge in [-0.05, 0) is 55.3 Å². The van der Waals surface area contributed by atoms with Gasteiger partial charge in [0.15, 0.2) is 0 Å². The molecule has 25 heavy (non-hydrogen) atoms. The Morgan fingerprint density at radius 3 is 2.40 bits per heavy atom. The molecule has 0 aromatic heterocycles. The lowest BCUT2D eigenvalue weighted by molar-refractivity contribution is 0.181. The molecule has 0 bridgehead atoms. The zero-order chi connectivity index (χ0) is 18.2. The molecule has 0 unspecified atom stereocenters. The van der Waals surface area contributed by atoms with E-state index in [2.05, 4.69) is 4.72 Å². The number of benzene rings is 2. The fourth-order valence-electron chi connectivity index (χ4n) is 2.67. The van der Waals surface area contributed by atoms with Gasteiger partial charge in [-0.3, -0.25) is 9.62 Å². The predicted octanol–water partition coefficient (Wildman–Crippen LogP) is 3.71. The zero-order valence-corrected chi connectivity index (χ0v) is 15.3. The number of aryl methyl sites for hydroxylation is 2. The molecule has 2 aromatic rings. The first-order chi connectivity index (χ1) is 11.8. The highest BCUT2D eigenvalue weighted by Crippen LogP contribution is 2.30. The zero-order valence-electron chi connectivity index (χ0n) is 13.7. The largest absolute Gasteiger partial charge is 0.447 e. The minimum absolute atomic E-state index is 0.0832. The molecular weight excluding hydrogens is 364 g/mol. The fraction of sp³-hybridized carbons (Fsp3) is 0.235. The topological polar surface area (TPSA) is 75.7 Å². The highest BCUT2D eigenvalue weighted by atomic mass is 35.5. The Labute approximate surface area is 151 Å². The maximum atomic E-state index is 12.6. The minimum Gasteiger partial charge on any atom is -0.447 e.